The third kappa shape index (κ3) is 8.52. The number of carbonyl (C=O) groups excluding carboxylic acids is 1. The number of ether oxygens (including phenoxy) is 2. The number of fused-ring (bicyclic) bond motifs is 3. The number of nitrogens with zero attached hydrogens (tertiary/aromatic N) is 1. The summed E-state index contributed by atoms with van der Waals surface area (Å²) in [4.78, 5) is 13.8. The van der Waals surface area contributed by atoms with Gasteiger partial charge >= 0.3 is 5.97 Å². The van der Waals surface area contributed by atoms with E-state index in [-0.39, 0.29) is 37.8 Å². The number of hydrogen-bond acceptors (Lipinski definition) is 6. The van der Waals surface area contributed by atoms with Gasteiger partial charge in [0.15, 0.2) is 11.5 Å². The van der Waals surface area contributed by atoms with Crippen molar-refractivity contribution in [3.8, 4) is 11.5 Å². The van der Waals surface area contributed by atoms with Gasteiger partial charge in [-0.1, -0.05) is 48.5 Å². The van der Waals surface area contributed by atoms with Crippen molar-refractivity contribution in [2.24, 2.45) is 11.7 Å². The third-order valence-corrected chi connectivity index (χ3v) is 4.60. The number of carbonyl (C=O) groups is 1. The quantitative estimate of drug-likeness (QED) is 0.685. The van der Waals surface area contributed by atoms with Crippen molar-refractivity contribution in [2.75, 3.05) is 26.7 Å². The first kappa shape index (κ1) is 28.2. The lowest BCUT2D eigenvalue weighted by Gasteiger charge is -2.43. The molecular formula is C24H44N2O4. The molecule has 2 atom stereocenters. The van der Waals surface area contributed by atoms with E-state index < -0.39 is 0 Å². The Morgan fingerprint density at radius 2 is 1.87 bits per heavy atom. The topological polar surface area (TPSA) is 85.0 Å². The van der Waals surface area contributed by atoms with Crippen molar-refractivity contribution < 1.29 is 19.4 Å². The van der Waals surface area contributed by atoms with Gasteiger partial charge in [0.1, 0.15) is 6.10 Å². The predicted molar refractivity (Wildman–Crippen MR) is 124 cm³/mol. The van der Waals surface area contributed by atoms with Crippen molar-refractivity contribution in [3.05, 3.63) is 23.3 Å². The Bertz CT molecular complexity index is 631. The summed E-state index contributed by atoms with van der Waals surface area (Å²) in [5.41, 5.74) is 7.63. The zero-order valence-electron chi connectivity index (χ0n) is 19.0. The Hall–Kier alpha value is -1.79. The standard InChI is InChI=1S/C16H22N2O4.C4H10.C3H8.CH4/c1-21-15-8-12-10(6-14(15)19)2-4-18-5-3-11(7-13(12)18)22-16(20)9-17;1-4(2)3;1-3-2;/h6,8,11,13,19H,2-5,7,9,17H2,1H3;4H,1-3H3;3H2,1-2H3;1H4. The minimum atomic E-state index is -0.349. The van der Waals surface area contributed by atoms with Crippen LogP contribution in [0.4, 0.5) is 0 Å². The van der Waals surface area contributed by atoms with E-state index in [9.17, 15) is 9.90 Å². The predicted octanol–water partition coefficient (Wildman–Crippen LogP) is 4.68. The number of phenols is 1. The normalized spacial score (nSPS) is 19.6. The summed E-state index contributed by atoms with van der Waals surface area (Å²) in [5.74, 6) is 1.15. The Balaban J connectivity index is 0.000000925. The summed E-state index contributed by atoms with van der Waals surface area (Å²) in [7, 11) is 1.55. The summed E-state index contributed by atoms with van der Waals surface area (Å²) in [6, 6.07) is 3.90. The van der Waals surface area contributed by atoms with Crippen LogP contribution in [0, 0.1) is 5.92 Å². The number of hydrogen-bond donors (Lipinski definition) is 2. The fraction of sp³-hybridized carbons (Fsp3) is 0.708. The smallest absolute Gasteiger partial charge is 0.319 e. The average Bonchev–Trinajstić information content (AvgIpc) is 2.67. The first-order valence-electron chi connectivity index (χ1n) is 10.8. The maximum Gasteiger partial charge on any atom is 0.319 e. The molecule has 6 nitrogen and oxygen atoms in total. The molecule has 174 valence electrons. The lowest BCUT2D eigenvalue weighted by atomic mass is 9.85. The highest BCUT2D eigenvalue weighted by atomic mass is 16.5. The van der Waals surface area contributed by atoms with Crippen LogP contribution in [0.25, 0.3) is 0 Å². The first-order chi connectivity index (χ1) is 13.8. The number of rotatable bonds is 3. The van der Waals surface area contributed by atoms with E-state index in [1.807, 2.05) is 6.07 Å². The van der Waals surface area contributed by atoms with Crippen LogP contribution in [0.5, 0.6) is 11.5 Å². The lowest BCUT2D eigenvalue weighted by Crippen LogP contribution is -2.44. The number of methoxy groups -OCH3 is 1. The molecule has 2 unspecified atom stereocenters. The largest absolute Gasteiger partial charge is 0.504 e. The Morgan fingerprint density at radius 3 is 2.40 bits per heavy atom. The third-order valence-electron chi connectivity index (χ3n) is 4.60. The van der Waals surface area contributed by atoms with Crippen LogP contribution >= 0.6 is 0 Å². The zero-order chi connectivity index (χ0) is 22.0. The van der Waals surface area contributed by atoms with Gasteiger partial charge < -0.3 is 20.3 Å². The average molecular weight is 425 g/mol. The SMILES string of the molecule is C.CC(C)C.CCC.COc1cc2c(cc1O)CCN1CCC(OC(=O)CN)CC21. The van der Waals surface area contributed by atoms with E-state index in [0.717, 1.165) is 49.4 Å². The summed E-state index contributed by atoms with van der Waals surface area (Å²) >= 11 is 0. The van der Waals surface area contributed by atoms with Crippen LogP contribution in [0.2, 0.25) is 0 Å². The minimum Gasteiger partial charge on any atom is -0.504 e. The molecule has 0 aromatic heterocycles. The monoisotopic (exact) mass is 424 g/mol. The molecule has 0 saturated carbocycles. The molecule has 1 fully saturated rings. The van der Waals surface area contributed by atoms with Gasteiger partial charge in [0.05, 0.1) is 13.7 Å². The molecule has 1 aromatic carbocycles. The fourth-order valence-corrected chi connectivity index (χ4v) is 3.50. The summed E-state index contributed by atoms with van der Waals surface area (Å²) in [5, 5.41) is 9.94. The highest BCUT2D eigenvalue weighted by molar-refractivity contribution is 5.71. The molecule has 3 N–H and O–H groups in total. The molecular weight excluding hydrogens is 380 g/mol. The van der Waals surface area contributed by atoms with E-state index in [1.165, 1.54) is 6.42 Å². The van der Waals surface area contributed by atoms with Crippen molar-refractivity contribution >= 4 is 5.97 Å². The molecule has 0 aliphatic carbocycles. The molecule has 6 heteroatoms. The summed E-state index contributed by atoms with van der Waals surface area (Å²) < 4.78 is 10.6. The number of benzene rings is 1. The molecule has 0 bridgehead atoms. The van der Waals surface area contributed by atoms with Gasteiger partial charge in [-0.3, -0.25) is 9.69 Å². The van der Waals surface area contributed by atoms with Crippen LogP contribution in [-0.2, 0) is 16.0 Å². The molecule has 0 radical (unpaired) electrons. The maximum atomic E-state index is 11.4. The number of aromatic hydroxyl groups is 1. The number of phenolic OH excluding ortho intramolecular Hbond substituents is 1. The Morgan fingerprint density at radius 1 is 1.27 bits per heavy atom. The van der Waals surface area contributed by atoms with Crippen LogP contribution in [0.15, 0.2) is 12.1 Å². The van der Waals surface area contributed by atoms with Gasteiger partial charge in [-0.15, -0.1) is 0 Å². The van der Waals surface area contributed by atoms with Gasteiger partial charge in [-0.25, -0.2) is 0 Å². The molecule has 1 saturated heterocycles. The molecule has 3 rings (SSSR count). The highest BCUT2D eigenvalue weighted by Gasteiger charge is 2.35. The van der Waals surface area contributed by atoms with Gasteiger partial charge in [-0.05, 0) is 42.0 Å². The van der Waals surface area contributed by atoms with Crippen molar-refractivity contribution in [1.82, 2.24) is 4.90 Å². The fourth-order valence-electron chi connectivity index (χ4n) is 3.50. The molecule has 0 spiro atoms. The molecule has 0 amide bonds. The van der Waals surface area contributed by atoms with Gasteiger partial charge in [0.25, 0.3) is 0 Å². The van der Waals surface area contributed by atoms with Gasteiger partial charge in [0.2, 0.25) is 0 Å². The number of nitrogens with two attached hydrogens (primary N) is 1. The second kappa shape index (κ2) is 14.3. The highest BCUT2D eigenvalue weighted by Crippen LogP contribution is 2.41. The van der Waals surface area contributed by atoms with E-state index in [2.05, 4.69) is 39.5 Å². The zero-order valence-corrected chi connectivity index (χ0v) is 19.0. The maximum absolute atomic E-state index is 11.4. The number of piperidine rings is 1. The second-order valence-electron chi connectivity index (χ2n) is 8.30. The van der Waals surface area contributed by atoms with E-state index in [1.54, 1.807) is 13.2 Å². The Kier molecular flexibility index (Phi) is 13.4. The Labute approximate surface area is 183 Å². The minimum absolute atomic E-state index is 0. The van der Waals surface area contributed by atoms with Crippen molar-refractivity contribution in [3.63, 3.8) is 0 Å². The van der Waals surface area contributed by atoms with Crippen LogP contribution in [0.1, 0.15) is 78.5 Å². The number of esters is 1. The van der Waals surface area contributed by atoms with Gasteiger partial charge in [0, 0.05) is 25.6 Å². The molecule has 2 heterocycles. The molecule has 30 heavy (non-hydrogen) atoms. The van der Waals surface area contributed by atoms with E-state index >= 15 is 0 Å². The van der Waals surface area contributed by atoms with Crippen LogP contribution in [0.3, 0.4) is 0 Å². The van der Waals surface area contributed by atoms with E-state index in [4.69, 9.17) is 15.2 Å². The lowest BCUT2D eigenvalue weighted by molar-refractivity contribution is -0.150. The van der Waals surface area contributed by atoms with Crippen molar-refractivity contribution in [1.29, 1.82) is 0 Å². The molecule has 1 aromatic rings. The van der Waals surface area contributed by atoms with Gasteiger partial charge in [-0.2, -0.15) is 0 Å². The molecule has 2 aliphatic heterocycles. The summed E-state index contributed by atoms with van der Waals surface area (Å²) in [6.07, 6.45) is 3.67. The first-order valence-corrected chi connectivity index (χ1v) is 10.8. The van der Waals surface area contributed by atoms with E-state index in [0.29, 0.717) is 5.75 Å². The molecule has 2 aliphatic rings. The summed E-state index contributed by atoms with van der Waals surface area (Å²) in [6.45, 7) is 12.5. The second-order valence-corrected chi connectivity index (χ2v) is 8.30. The van der Waals surface area contributed by atoms with Crippen LogP contribution in [-0.4, -0.2) is 48.8 Å². The van der Waals surface area contributed by atoms with Crippen LogP contribution < -0.4 is 10.5 Å². The van der Waals surface area contributed by atoms with Crippen molar-refractivity contribution in [2.45, 2.75) is 79.9 Å².